The van der Waals surface area contributed by atoms with Gasteiger partial charge in [-0.2, -0.15) is 0 Å². The summed E-state index contributed by atoms with van der Waals surface area (Å²) in [5.74, 6) is -11.1. The van der Waals surface area contributed by atoms with E-state index in [0.717, 1.165) is 79.3 Å². The molecule has 720 valence electrons. The molecule has 37 nitrogen and oxygen atoms in total. The number of aromatic amines is 1. The number of benzene rings is 4. The van der Waals surface area contributed by atoms with Crippen molar-refractivity contribution in [2.75, 3.05) is 75.9 Å². The smallest absolute Gasteiger partial charge is 0.409 e. The number of hydrogen-bond acceptors (Lipinski definition) is 27. The number of phenolic OH excluding ortho intramolecular Hbond substituents is 1. The minimum atomic E-state index is -1.96. The van der Waals surface area contributed by atoms with Crippen LogP contribution in [0, 0.1) is 5.92 Å². The van der Waals surface area contributed by atoms with Crippen LogP contribution in [0.3, 0.4) is 0 Å². The lowest BCUT2D eigenvalue weighted by Crippen LogP contribution is -2.63. The monoisotopic (exact) mass is 1930 g/mol. The molecule has 0 saturated carbocycles. The van der Waals surface area contributed by atoms with Crippen molar-refractivity contribution in [2.45, 2.75) is 221 Å². The molecule has 3 saturated heterocycles. The number of amides is 13. The third kappa shape index (κ3) is 30.3. The van der Waals surface area contributed by atoms with Crippen LogP contribution in [0.2, 0.25) is 5.02 Å². The number of esters is 1. The predicted octanol–water partition coefficient (Wildman–Crippen LogP) is 4.17. The Balaban J connectivity index is 0.927. The fourth-order valence-corrected chi connectivity index (χ4v) is 20.2. The molecule has 17 atom stereocenters. The number of phenols is 1. The molecule has 5 aromatic rings. The number of likely N-dealkylation sites (N-methyl/N-ethyl adjacent to an activating group) is 1. The van der Waals surface area contributed by atoms with E-state index in [0.29, 0.717) is 52.7 Å². The number of rotatable bonds is 34. The number of primary amides is 1. The number of fused-ring (bicyclic) bond motifs is 6. The number of hydrogen-bond donors (Lipinski definition) is 17. The molecule has 4 bridgehead atoms. The molecule has 42 heteroatoms. The van der Waals surface area contributed by atoms with Crippen LogP contribution in [-0.4, -0.2) is 270 Å². The van der Waals surface area contributed by atoms with Crippen LogP contribution in [0.15, 0.2) is 121 Å². The topological polar surface area (TPSA) is 553 Å². The van der Waals surface area contributed by atoms with Gasteiger partial charge in [-0.15, -0.1) is 0 Å². The maximum Gasteiger partial charge on any atom is 0.409 e. The Hall–Kier alpha value is -10.3. The number of nitrogens with zero attached hydrogens (tertiary/aromatic N) is 2. The van der Waals surface area contributed by atoms with E-state index in [9.17, 15) is 63.3 Å². The summed E-state index contributed by atoms with van der Waals surface area (Å²) < 4.78 is 29.7. The van der Waals surface area contributed by atoms with E-state index in [1.807, 2.05) is 13.0 Å². The van der Waals surface area contributed by atoms with E-state index in [4.69, 9.17) is 52.5 Å². The normalized spacial score (nSPS) is 25.3. The van der Waals surface area contributed by atoms with Gasteiger partial charge in [0, 0.05) is 106 Å². The van der Waals surface area contributed by atoms with Gasteiger partial charge in [-0.05, 0) is 132 Å². The zero-order valence-corrected chi connectivity index (χ0v) is 79.3. The van der Waals surface area contributed by atoms with Crippen LogP contribution in [-0.2, 0) is 97.4 Å². The zero-order chi connectivity index (χ0) is 96.1. The van der Waals surface area contributed by atoms with Crippen molar-refractivity contribution in [1.29, 1.82) is 0 Å². The summed E-state index contributed by atoms with van der Waals surface area (Å²) in [6.07, 6.45) is 2.57. The Bertz CT molecular complexity index is 4910. The SMILES string of the molecule is COc1cc2cc(c1Cl)N(C)C(=O)C[C@H](OC(=O)[C@H](C)N(C)C(=O)CCSSC[C@H](NC(=O)[C@@H]1CSSC[C@H](NC(=O)[C@H](N)Cc3ccccc3)C(=O)N[C@@H](Cc3ccc(O)cc3)C(=O)N[C@H](Cc3c[nH]c4ccccc34)C(=O)N[C@@H](CCCCNC(=O)NCCCCCCN)C(=O)N[C@@H]([C@@H](C)O)C(=O)N1)C(N)=O)[C@]1(C)O[C@H]1[C@H](C)[C@@H]1C[C@@](O)(NC(=O)O1)[C@H](OC)/C=C/C=C(\C)C2. The van der Waals surface area contributed by atoms with Gasteiger partial charge in [-0.1, -0.05) is 159 Å². The van der Waals surface area contributed by atoms with Crippen molar-refractivity contribution in [3.8, 4) is 11.5 Å². The molecule has 0 radical (unpaired) electrons. The number of alkyl carbamates (subject to hydrolysis) is 1. The van der Waals surface area contributed by atoms with Gasteiger partial charge in [0.2, 0.25) is 59.1 Å². The van der Waals surface area contributed by atoms with Gasteiger partial charge in [0.15, 0.2) is 5.72 Å². The van der Waals surface area contributed by atoms with E-state index in [2.05, 4.69) is 58.2 Å². The number of H-pyrrole nitrogens is 1. The van der Waals surface area contributed by atoms with Crippen LogP contribution in [0.1, 0.15) is 121 Å². The van der Waals surface area contributed by atoms with Crippen LogP contribution in [0.4, 0.5) is 15.3 Å². The highest BCUT2D eigenvalue weighted by Crippen LogP contribution is 2.50. The molecule has 13 amide bonds. The lowest BCUT2D eigenvalue weighted by molar-refractivity contribution is -0.162. The van der Waals surface area contributed by atoms with Crippen molar-refractivity contribution in [3.63, 3.8) is 0 Å². The van der Waals surface area contributed by atoms with Crippen molar-refractivity contribution < 1.29 is 101 Å². The standard InChI is InChI=1S/C90H123ClN16O21S4/c1-50-22-21-28-71(125-9)90(123)45-70(126-88(122)105-90)51(2)77-89(5,128-77)72(44-74(111)107(7)68-41-56(38-50)42-69(124-8)75(68)91)127-86(120)52(3)106(6)73(110)33-37-129-130-47-65(78(94)112)101-84(118)67-49-132-131-48-66(102-79(113)60(93)39-54-23-13-12-14-24-54)83(117)99-63(40-55-29-31-58(109)32-30-55)81(115)100-64(43-57-46-97-61-26-16-15-25-59(57)61)82(116)98-62(80(114)104-76(53(4)108)85(119)103-67)27-17-20-36-96-87(121)95-35-19-11-10-18-34-92/h12-16,21-26,28-32,41-42,46,51-53,60,62-67,70-72,76-77,97,108-109,123H,10-11,17-20,27,33-40,43-45,47-49,92-93H2,1-9H3,(H2,94,112)(H,98,116)(H,99,117)(H,100,115)(H,101,118)(H,102,113)(H,103,119)(H,104,114)(H,105,122)(H2,95,96,121)/b28-21+,50-22+/t51-,52+,53-,60-,62+,63+,64-,65+,66+,67+,70+,71-,72+,76+,77+,89+,90+/m1/s1. The van der Waals surface area contributed by atoms with E-state index in [1.165, 1.54) is 71.3 Å². The fraction of sp³-hybridized carbons (Fsp3) is 0.522. The van der Waals surface area contributed by atoms with Crippen molar-refractivity contribution in [2.24, 2.45) is 23.1 Å². The molecule has 1 aromatic heterocycles. The first-order valence-electron chi connectivity index (χ1n) is 43.7. The van der Waals surface area contributed by atoms with Gasteiger partial charge >= 0.3 is 18.1 Å². The van der Waals surface area contributed by atoms with Crippen molar-refractivity contribution in [3.05, 3.63) is 148 Å². The van der Waals surface area contributed by atoms with Gasteiger partial charge in [-0.3, -0.25) is 53.3 Å². The van der Waals surface area contributed by atoms with Crippen LogP contribution < -0.4 is 80.0 Å². The highest BCUT2D eigenvalue weighted by atomic mass is 35.5. The summed E-state index contributed by atoms with van der Waals surface area (Å²) in [6.45, 7) is 8.95. The maximum absolute atomic E-state index is 15.3. The molecule has 0 spiro atoms. The second kappa shape index (κ2) is 50.7. The number of ether oxygens (including phenoxy) is 5. The molecule has 132 heavy (non-hydrogen) atoms. The van der Waals surface area contributed by atoms with Crippen LogP contribution in [0.5, 0.6) is 11.5 Å². The second-order valence-corrected chi connectivity index (χ2v) is 39.0. The number of epoxide rings is 1. The van der Waals surface area contributed by atoms with Crippen molar-refractivity contribution in [1.82, 2.24) is 63.1 Å². The molecular weight excluding hydrogens is 1800 g/mol. The molecule has 4 aliphatic rings. The summed E-state index contributed by atoms with van der Waals surface area (Å²) in [5, 5.41) is 61.6. The number of urea groups is 1. The lowest BCUT2D eigenvalue weighted by atomic mass is 9.83. The Morgan fingerprint density at radius 3 is 2.15 bits per heavy atom. The molecule has 9 rings (SSSR count). The number of nitrogens with one attached hydrogen (secondary N) is 11. The number of aromatic hydroxyl groups is 1. The number of aliphatic hydroxyl groups excluding tert-OH is 1. The van der Waals surface area contributed by atoms with E-state index in [1.54, 1.807) is 98.9 Å². The molecular formula is C90H123ClN16O21S4. The Morgan fingerprint density at radius 2 is 1.46 bits per heavy atom. The van der Waals surface area contributed by atoms with E-state index in [-0.39, 0.29) is 97.4 Å². The minimum absolute atomic E-state index is 0.0381. The number of methoxy groups -OCH3 is 2. The van der Waals surface area contributed by atoms with Crippen LogP contribution in [0.25, 0.3) is 10.9 Å². The van der Waals surface area contributed by atoms with Crippen LogP contribution >= 0.6 is 54.8 Å². The third-order valence-corrected chi connectivity index (χ3v) is 28.6. The molecule has 20 N–H and O–H groups in total. The zero-order valence-electron chi connectivity index (χ0n) is 75.3. The predicted molar refractivity (Wildman–Crippen MR) is 505 cm³/mol. The molecule has 0 unspecified atom stereocenters. The summed E-state index contributed by atoms with van der Waals surface area (Å²) in [7, 11) is 9.67. The highest BCUT2D eigenvalue weighted by Gasteiger charge is 2.65. The Kier molecular flexibility index (Phi) is 40.4. The van der Waals surface area contributed by atoms with Gasteiger partial charge < -0.3 is 119 Å². The first-order chi connectivity index (χ1) is 62.9. The van der Waals surface area contributed by atoms with Gasteiger partial charge in [0.25, 0.3) is 0 Å². The number of allylic oxidation sites excluding steroid dienone is 3. The summed E-state index contributed by atoms with van der Waals surface area (Å²) in [5.41, 5.74) is 18.9. The third-order valence-electron chi connectivity index (χ3n) is 23.4. The first kappa shape index (κ1) is 105. The number of aromatic nitrogens is 1. The number of unbranched alkanes of at least 4 members (excludes halogenated alkanes) is 4. The molecule has 4 aliphatic heterocycles. The van der Waals surface area contributed by atoms with Gasteiger partial charge in [0.1, 0.15) is 88.8 Å². The number of halogens is 1. The van der Waals surface area contributed by atoms with Gasteiger partial charge in [0.05, 0.1) is 37.5 Å². The molecule has 4 aromatic carbocycles. The maximum atomic E-state index is 15.3. The number of aliphatic hydroxyl groups is 2. The van der Waals surface area contributed by atoms with Gasteiger partial charge in [-0.25, -0.2) is 14.4 Å². The molecule has 5 heterocycles. The number of anilines is 1. The number of carbonyl (C=O) groups excluding carboxylic acids is 13. The summed E-state index contributed by atoms with van der Waals surface area (Å²) in [4.78, 5) is 193. The highest BCUT2D eigenvalue weighted by molar-refractivity contribution is 8.77. The molecule has 3 fully saturated rings. The summed E-state index contributed by atoms with van der Waals surface area (Å²) >= 11 is 6.90. The van der Waals surface area contributed by atoms with E-state index < -0.39 is 191 Å². The Morgan fingerprint density at radius 1 is 0.803 bits per heavy atom. The van der Waals surface area contributed by atoms with Crippen molar-refractivity contribution >= 4 is 149 Å². The summed E-state index contributed by atoms with van der Waals surface area (Å²) in [6, 6.07) is 11.2. The number of nitrogens with two attached hydrogens (primary N) is 3. The lowest BCUT2D eigenvalue weighted by Gasteiger charge is -2.42. The van der Waals surface area contributed by atoms with E-state index >= 15 is 14.4 Å². The second-order valence-electron chi connectivity index (χ2n) is 33.4. The molecule has 0 aliphatic carbocycles. The first-order valence-corrected chi connectivity index (χ1v) is 49.1. The minimum Gasteiger partial charge on any atom is -0.508 e. The number of para-hydroxylation sites is 1. The quantitative estimate of drug-likeness (QED) is 0.0119. The Labute approximate surface area is 787 Å². The average molecular weight is 1930 g/mol. The fourth-order valence-electron chi connectivity index (χ4n) is 15.4. The largest absolute Gasteiger partial charge is 0.508 e. The average Bonchev–Trinajstić information content (AvgIpc) is 1.57. The number of carbonyl (C=O) groups is 13.